The van der Waals surface area contributed by atoms with Crippen LogP contribution in [0.3, 0.4) is 0 Å². The Kier molecular flexibility index (Phi) is 6.16. The minimum atomic E-state index is 0.656. The lowest BCUT2D eigenvalue weighted by Gasteiger charge is -2.04. The summed E-state index contributed by atoms with van der Waals surface area (Å²) < 4.78 is 5.61. The molecule has 0 spiro atoms. The van der Waals surface area contributed by atoms with Crippen LogP contribution in [0.4, 0.5) is 0 Å². The molecule has 0 radical (unpaired) electrons. The van der Waals surface area contributed by atoms with Crippen molar-refractivity contribution in [1.29, 1.82) is 0 Å². The van der Waals surface area contributed by atoms with Crippen molar-refractivity contribution >= 4 is 0 Å². The zero-order chi connectivity index (χ0) is 12.5. The molecule has 0 bridgehead atoms. The van der Waals surface area contributed by atoms with Gasteiger partial charge in [0.2, 0.25) is 0 Å². The van der Waals surface area contributed by atoms with Gasteiger partial charge < -0.3 is 4.74 Å². The summed E-state index contributed by atoms with van der Waals surface area (Å²) in [6.45, 7) is 8.81. The van der Waals surface area contributed by atoms with Crippen LogP contribution < -0.4 is 4.74 Å². The van der Waals surface area contributed by atoms with Gasteiger partial charge in [0.25, 0.3) is 0 Å². The van der Waals surface area contributed by atoms with Gasteiger partial charge >= 0.3 is 0 Å². The van der Waals surface area contributed by atoms with Crippen molar-refractivity contribution in [2.24, 2.45) is 0 Å². The molecule has 0 N–H and O–H groups in total. The number of hydrogen-bond donors (Lipinski definition) is 0. The van der Waals surface area contributed by atoms with Crippen LogP contribution in [-0.2, 0) is 0 Å². The lowest BCUT2D eigenvalue weighted by molar-refractivity contribution is 0.361. The maximum atomic E-state index is 5.61. The first-order valence-electron chi connectivity index (χ1n) is 6.16. The van der Waals surface area contributed by atoms with Crippen LogP contribution >= 0.6 is 0 Å². The van der Waals surface area contributed by atoms with Crippen LogP contribution in [0.15, 0.2) is 54.1 Å². The number of para-hydroxylation sites is 1. The molecule has 0 atom stereocenters. The van der Waals surface area contributed by atoms with Gasteiger partial charge in [-0.25, -0.2) is 0 Å². The molecule has 1 nitrogen and oxygen atoms in total. The van der Waals surface area contributed by atoms with E-state index in [1.165, 1.54) is 17.6 Å². The SMILES string of the molecule is C=C(C)CCC/C(C)=C/COc1ccccc1. The van der Waals surface area contributed by atoms with Crippen molar-refractivity contribution < 1.29 is 4.74 Å². The monoisotopic (exact) mass is 230 g/mol. The first kappa shape index (κ1) is 13.6. The molecule has 0 saturated carbocycles. The zero-order valence-electron chi connectivity index (χ0n) is 10.9. The summed E-state index contributed by atoms with van der Waals surface area (Å²) in [6.07, 6.45) is 5.59. The standard InChI is InChI=1S/C16H22O/c1-14(2)8-7-9-15(3)12-13-17-16-10-5-4-6-11-16/h4-6,10-12H,1,7-9,13H2,2-3H3/b15-12+. The summed E-state index contributed by atoms with van der Waals surface area (Å²) in [7, 11) is 0. The largest absolute Gasteiger partial charge is 0.490 e. The van der Waals surface area contributed by atoms with Crippen molar-refractivity contribution in [3.05, 3.63) is 54.1 Å². The summed E-state index contributed by atoms with van der Waals surface area (Å²) in [5.74, 6) is 0.929. The predicted molar refractivity (Wildman–Crippen MR) is 74.4 cm³/mol. The van der Waals surface area contributed by atoms with Gasteiger partial charge in [-0.05, 0) is 51.3 Å². The molecule has 0 aromatic heterocycles. The molecular weight excluding hydrogens is 208 g/mol. The minimum absolute atomic E-state index is 0.656. The van der Waals surface area contributed by atoms with E-state index in [1.54, 1.807) is 0 Å². The van der Waals surface area contributed by atoms with Gasteiger partial charge in [0.05, 0.1) is 0 Å². The maximum absolute atomic E-state index is 5.61. The van der Waals surface area contributed by atoms with E-state index in [2.05, 4.69) is 26.5 Å². The molecule has 0 heterocycles. The first-order valence-corrected chi connectivity index (χ1v) is 6.16. The Labute approximate surface area is 105 Å². The summed E-state index contributed by atoms with van der Waals surface area (Å²) in [6, 6.07) is 9.91. The third kappa shape index (κ3) is 6.62. The van der Waals surface area contributed by atoms with E-state index in [0.717, 1.165) is 18.6 Å². The molecule has 0 unspecified atom stereocenters. The quantitative estimate of drug-likeness (QED) is 0.614. The summed E-state index contributed by atoms with van der Waals surface area (Å²) in [5.41, 5.74) is 2.65. The Balaban J connectivity index is 2.22. The van der Waals surface area contributed by atoms with E-state index < -0.39 is 0 Å². The molecule has 0 saturated heterocycles. The van der Waals surface area contributed by atoms with E-state index in [9.17, 15) is 0 Å². The Hall–Kier alpha value is -1.50. The van der Waals surface area contributed by atoms with Gasteiger partial charge in [0, 0.05) is 0 Å². The van der Waals surface area contributed by atoms with E-state index in [4.69, 9.17) is 4.74 Å². The molecule has 1 aromatic carbocycles. The third-order valence-electron chi connectivity index (χ3n) is 2.60. The fourth-order valence-corrected chi connectivity index (χ4v) is 1.57. The first-order chi connectivity index (χ1) is 8.18. The number of allylic oxidation sites excluding steroid dienone is 2. The molecule has 1 rings (SSSR count). The Morgan fingerprint density at radius 3 is 2.53 bits per heavy atom. The molecule has 0 aliphatic rings. The fraction of sp³-hybridized carbons (Fsp3) is 0.375. The van der Waals surface area contributed by atoms with E-state index >= 15 is 0 Å². The van der Waals surface area contributed by atoms with Gasteiger partial charge in [-0.1, -0.05) is 29.3 Å². The van der Waals surface area contributed by atoms with E-state index in [1.807, 2.05) is 30.3 Å². The molecular formula is C16H22O. The van der Waals surface area contributed by atoms with Crippen LogP contribution in [0.5, 0.6) is 5.75 Å². The molecule has 0 aliphatic heterocycles. The van der Waals surface area contributed by atoms with Crippen LogP contribution in [-0.4, -0.2) is 6.61 Å². The lowest BCUT2D eigenvalue weighted by atomic mass is 10.1. The van der Waals surface area contributed by atoms with Gasteiger partial charge in [-0.2, -0.15) is 0 Å². The van der Waals surface area contributed by atoms with Crippen molar-refractivity contribution in [3.8, 4) is 5.75 Å². The van der Waals surface area contributed by atoms with Crippen molar-refractivity contribution in [2.75, 3.05) is 6.61 Å². The molecule has 92 valence electrons. The number of benzene rings is 1. The topological polar surface area (TPSA) is 9.23 Å². The highest BCUT2D eigenvalue weighted by Gasteiger charge is 1.93. The molecule has 1 heteroatoms. The lowest BCUT2D eigenvalue weighted by Crippen LogP contribution is -1.94. The number of rotatable bonds is 7. The van der Waals surface area contributed by atoms with Gasteiger partial charge in [0.1, 0.15) is 12.4 Å². The Bertz CT molecular complexity index is 362. The van der Waals surface area contributed by atoms with E-state index in [0.29, 0.717) is 6.61 Å². The van der Waals surface area contributed by atoms with Gasteiger partial charge in [-0.3, -0.25) is 0 Å². The maximum Gasteiger partial charge on any atom is 0.119 e. The Morgan fingerprint density at radius 2 is 1.88 bits per heavy atom. The highest BCUT2D eigenvalue weighted by Crippen LogP contribution is 2.11. The molecule has 0 amide bonds. The van der Waals surface area contributed by atoms with Crippen molar-refractivity contribution in [2.45, 2.75) is 33.1 Å². The molecule has 1 aromatic rings. The van der Waals surface area contributed by atoms with Crippen molar-refractivity contribution in [3.63, 3.8) is 0 Å². The average molecular weight is 230 g/mol. The summed E-state index contributed by atoms with van der Waals surface area (Å²) >= 11 is 0. The zero-order valence-corrected chi connectivity index (χ0v) is 10.9. The minimum Gasteiger partial charge on any atom is -0.490 e. The second-order valence-electron chi connectivity index (χ2n) is 4.49. The summed E-state index contributed by atoms with van der Waals surface area (Å²) in [4.78, 5) is 0. The van der Waals surface area contributed by atoms with Gasteiger partial charge in [-0.15, -0.1) is 6.58 Å². The van der Waals surface area contributed by atoms with Gasteiger partial charge in [0.15, 0.2) is 0 Å². The fourth-order valence-electron chi connectivity index (χ4n) is 1.57. The van der Waals surface area contributed by atoms with Crippen LogP contribution in [0, 0.1) is 0 Å². The van der Waals surface area contributed by atoms with Crippen LogP contribution in [0.1, 0.15) is 33.1 Å². The third-order valence-corrected chi connectivity index (χ3v) is 2.60. The highest BCUT2D eigenvalue weighted by atomic mass is 16.5. The molecule has 0 aliphatic carbocycles. The number of ether oxygens (including phenoxy) is 1. The molecule has 0 fully saturated rings. The Morgan fingerprint density at radius 1 is 1.18 bits per heavy atom. The smallest absolute Gasteiger partial charge is 0.119 e. The second-order valence-corrected chi connectivity index (χ2v) is 4.49. The van der Waals surface area contributed by atoms with Crippen LogP contribution in [0.2, 0.25) is 0 Å². The highest BCUT2D eigenvalue weighted by molar-refractivity contribution is 5.21. The second kappa shape index (κ2) is 7.72. The normalized spacial score (nSPS) is 11.3. The summed E-state index contributed by atoms with van der Waals surface area (Å²) in [5, 5.41) is 0. The van der Waals surface area contributed by atoms with E-state index in [-0.39, 0.29) is 0 Å². The molecule has 17 heavy (non-hydrogen) atoms. The van der Waals surface area contributed by atoms with Crippen LogP contribution in [0.25, 0.3) is 0 Å². The predicted octanol–water partition coefficient (Wildman–Crippen LogP) is 4.76. The average Bonchev–Trinajstić information content (AvgIpc) is 2.30. The van der Waals surface area contributed by atoms with Crippen molar-refractivity contribution in [1.82, 2.24) is 0 Å². The number of hydrogen-bond acceptors (Lipinski definition) is 1.